The molecule has 96 valence electrons. The molecular formula is C14H18FN3. The summed E-state index contributed by atoms with van der Waals surface area (Å²) in [6.07, 6.45) is 0.775. The molecule has 4 heteroatoms. The van der Waals surface area contributed by atoms with Crippen LogP contribution in [0.2, 0.25) is 0 Å². The monoisotopic (exact) mass is 247 g/mol. The third kappa shape index (κ3) is 2.76. The Morgan fingerprint density at radius 3 is 2.72 bits per heavy atom. The summed E-state index contributed by atoms with van der Waals surface area (Å²) in [5.41, 5.74) is 8.85. The van der Waals surface area contributed by atoms with Crippen LogP contribution < -0.4 is 5.73 Å². The molecule has 0 fully saturated rings. The number of aryl methyl sites for hydroxylation is 2. The van der Waals surface area contributed by atoms with Crippen LogP contribution in [0.25, 0.3) is 0 Å². The van der Waals surface area contributed by atoms with Crippen molar-refractivity contribution in [2.24, 2.45) is 12.8 Å². The predicted molar refractivity (Wildman–Crippen MR) is 69.8 cm³/mol. The molecule has 0 saturated carbocycles. The Kier molecular flexibility index (Phi) is 3.77. The zero-order valence-corrected chi connectivity index (χ0v) is 10.7. The van der Waals surface area contributed by atoms with Gasteiger partial charge in [0.05, 0.1) is 5.69 Å². The van der Waals surface area contributed by atoms with Gasteiger partial charge in [0.25, 0.3) is 0 Å². The molecule has 0 spiro atoms. The Balaban J connectivity index is 2.22. The molecule has 1 heterocycles. The van der Waals surface area contributed by atoms with Crippen LogP contribution in [0.5, 0.6) is 0 Å². The maximum absolute atomic E-state index is 13.2. The van der Waals surface area contributed by atoms with E-state index in [1.807, 2.05) is 30.8 Å². The molecule has 1 unspecified atom stereocenters. The summed E-state index contributed by atoms with van der Waals surface area (Å²) < 4.78 is 15.1. The third-order valence-electron chi connectivity index (χ3n) is 3.16. The summed E-state index contributed by atoms with van der Waals surface area (Å²) in [5.74, 6) is -0.0948. The average Bonchev–Trinajstić information content (AvgIpc) is 2.64. The number of hydrogen-bond acceptors (Lipinski definition) is 2. The number of halogens is 1. The highest BCUT2D eigenvalue weighted by Crippen LogP contribution is 2.21. The largest absolute Gasteiger partial charge is 0.330 e. The molecule has 1 atom stereocenters. The second-order valence-corrected chi connectivity index (χ2v) is 4.59. The van der Waals surface area contributed by atoms with Crippen LogP contribution in [0.1, 0.15) is 22.9 Å². The SMILES string of the molecule is Cc1cc(CC(CN)c2cccc(F)c2)n(C)n1. The van der Waals surface area contributed by atoms with E-state index in [0.717, 1.165) is 23.4 Å². The van der Waals surface area contributed by atoms with Crippen molar-refractivity contribution in [2.45, 2.75) is 19.3 Å². The highest BCUT2D eigenvalue weighted by atomic mass is 19.1. The maximum atomic E-state index is 13.2. The van der Waals surface area contributed by atoms with E-state index in [0.29, 0.717) is 6.54 Å². The highest BCUT2D eigenvalue weighted by Gasteiger charge is 2.14. The number of hydrogen-bond donors (Lipinski definition) is 1. The Morgan fingerprint density at radius 1 is 1.39 bits per heavy atom. The Hall–Kier alpha value is -1.68. The Bertz CT molecular complexity index is 534. The van der Waals surface area contributed by atoms with Crippen molar-refractivity contribution in [3.8, 4) is 0 Å². The molecule has 0 aliphatic heterocycles. The maximum Gasteiger partial charge on any atom is 0.123 e. The molecule has 2 aromatic rings. The van der Waals surface area contributed by atoms with Gasteiger partial charge in [-0.15, -0.1) is 0 Å². The smallest absolute Gasteiger partial charge is 0.123 e. The van der Waals surface area contributed by atoms with Crippen LogP contribution in [0, 0.1) is 12.7 Å². The summed E-state index contributed by atoms with van der Waals surface area (Å²) in [6, 6.07) is 8.69. The summed E-state index contributed by atoms with van der Waals surface area (Å²) >= 11 is 0. The van der Waals surface area contributed by atoms with Crippen LogP contribution in [0.3, 0.4) is 0 Å². The van der Waals surface area contributed by atoms with Crippen molar-refractivity contribution in [1.82, 2.24) is 9.78 Å². The van der Waals surface area contributed by atoms with Crippen molar-refractivity contribution >= 4 is 0 Å². The van der Waals surface area contributed by atoms with Crippen molar-refractivity contribution in [1.29, 1.82) is 0 Å². The van der Waals surface area contributed by atoms with E-state index >= 15 is 0 Å². The minimum Gasteiger partial charge on any atom is -0.330 e. The molecule has 0 radical (unpaired) electrons. The minimum absolute atomic E-state index is 0.121. The standard InChI is InChI=1S/C14H18FN3/c1-10-6-14(18(2)17-10)8-12(9-16)11-4-3-5-13(15)7-11/h3-7,12H,8-9,16H2,1-2H3. The molecule has 2 rings (SSSR count). The van der Waals surface area contributed by atoms with E-state index in [4.69, 9.17) is 5.73 Å². The van der Waals surface area contributed by atoms with Crippen molar-refractivity contribution in [3.05, 3.63) is 53.1 Å². The zero-order chi connectivity index (χ0) is 13.1. The summed E-state index contributed by atoms with van der Waals surface area (Å²) in [5, 5.41) is 4.31. The van der Waals surface area contributed by atoms with Crippen LogP contribution in [-0.2, 0) is 13.5 Å². The van der Waals surface area contributed by atoms with Crippen molar-refractivity contribution < 1.29 is 4.39 Å². The molecular weight excluding hydrogens is 229 g/mol. The zero-order valence-electron chi connectivity index (χ0n) is 10.7. The van der Waals surface area contributed by atoms with Gasteiger partial charge in [-0.3, -0.25) is 4.68 Å². The molecule has 1 aromatic heterocycles. The topological polar surface area (TPSA) is 43.8 Å². The first-order chi connectivity index (χ1) is 8.60. The average molecular weight is 247 g/mol. The van der Waals surface area contributed by atoms with Gasteiger partial charge in [0, 0.05) is 18.7 Å². The van der Waals surface area contributed by atoms with E-state index < -0.39 is 0 Å². The number of rotatable bonds is 4. The van der Waals surface area contributed by atoms with Crippen LogP contribution in [-0.4, -0.2) is 16.3 Å². The molecule has 3 nitrogen and oxygen atoms in total. The van der Waals surface area contributed by atoms with E-state index in [9.17, 15) is 4.39 Å². The number of benzene rings is 1. The molecule has 0 aliphatic rings. The molecule has 2 N–H and O–H groups in total. The Morgan fingerprint density at radius 2 is 2.17 bits per heavy atom. The fraction of sp³-hybridized carbons (Fsp3) is 0.357. The lowest BCUT2D eigenvalue weighted by atomic mass is 9.94. The second kappa shape index (κ2) is 5.31. The molecule has 0 bridgehead atoms. The minimum atomic E-state index is -0.216. The molecule has 0 aliphatic carbocycles. The molecule has 0 amide bonds. The van der Waals surface area contributed by atoms with E-state index in [-0.39, 0.29) is 11.7 Å². The van der Waals surface area contributed by atoms with E-state index in [1.54, 1.807) is 12.1 Å². The molecule has 1 aromatic carbocycles. The van der Waals surface area contributed by atoms with Crippen LogP contribution in [0.15, 0.2) is 30.3 Å². The summed E-state index contributed by atoms with van der Waals surface area (Å²) in [4.78, 5) is 0. The first kappa shape index (κ1) is 12.8. The van der Waals surface area contributed by atoms with Gasteiger partial charge in [-0.05, 0) is 43.7 Å². The number of nitrogens with zero attached hydrogens (tertiary/aromatic N) is 2. The fourth-order valence-electron chi connectivity index (χ4n) is 2.21. The van der Waals surface area contributed by atoms with Gasteiger partial charge >= 0.3 is 0 Å². The lowest BCUT2D eigenvalue weighted by Crippen LogP contribution is -2.16. The lowest BCUT2D eigenvalue weighted by Gasteiger charge is -2.15. The number of aromatic nitrogens is 2. The van der Waals surface area contributed by atoms with Crippen molar-refractivity contribution in [2.75, 3.05) is 6.54 Å². The molecule has 18 heavy (non-hydrogen) atoms. The first-order valence-corrected chi connectivity index (χ1v) is 6.05. The summed E-state index contributed by atoms with van der Waals surface area (Å²) in [7, 11) is 1.92. The van der Waals surface area contributed by atoms with Crippen molar-refractivity contribution in [3.63, 3.8) is 0 Å². The van der Waals surface area contributed by atoms with Crippen LogP contribution >= 0.6 is 0 Å². The van der Waals surface area contributed by atoms with Gasteiger partial charge in [-0.1, -0.05) is 12.1 Å². The number of nitrogens with two attached hydrogens (primary N) is 1. The quantitative estimate of drug-likeness (QED) is 0.899. The fourth-order valence-corrected chi connectivity index (χ4v) is 2.21. The second-order valence-electron chi connectivity index (χ2n) is 4.59. The van der Waals surface area contributed by atoms with Gasteiger partial charge in [0.1, 0.15) is 5.82 Å². The van der Waals surface area contributed by atoms with Gasteiger partial charge in [0.15, 0.2) is 0 Å². The van der Waals surface area contributed by atoms with Gasteiger partial charge in [0.2, 0.25) is 0 Å². The first-order valence-electron chi connectivity index (χ1n) is 6.05. The van der Waals surface area contributed by atoms with Crippen LogP contribution in [0.4, 0.5) is 4.39 Å². The van der Waals surface area contributed by atoms with E-state index in [1.165, 1.54) is 6.07 Å². The highest BCUT2D eigenvalue weighted by molar-refractivity contribution is 5.23. The predicted octanol–water partition coefficient (Wildman–Crippen LogP) is 2.15. The summed E-state index contributed by atoms with van der Waals surface area (Å²) in [6.45, 7) is 2.46. The van der Waals surface area contributed by atoms with Gasteiger partial charge in [-0.2, -0.15) is 5.10 Å². The molecule has 0 saturated heterocycles. The van der Waals surface area contributed by atoms with E-state index in [2.05, 4.69) is 5.10 Å². The Labute approximate surface area is 106 Å². The normalized spacial score (nSPS) is 12.7. The van der Waals surface area contributed by atoms with Gasteiger partial charge in [-0.25, -0.2) is 4.39 Å². The lowest BCUT2D eigenvalue weighted by molar-refractivity contribution is 0.605. The third-order valence-corrected chi connectivity index (χ3v) is 3.16. The van der Waals surface area contributed by atoms with Gasteiger partial charge < -0.3 is 5.73 Å².